The van der Waals surface area contributed by atoms with Gasteiger partial charge in [-0.15, -0.1) is 67.4 Å². The van der Waals surface area contributed by atoms with E-state index in [1.165, 1.54) is 81.3 Å². The molecular weight excluding hydrogens is 1780 g/mol. The van der Waals surface area contributed by atoms with Crippen LogP contribution in [0.15, 0.2) is 0 Å². The van der Waals surface area contributed by atoms with E-state index < -0.39 is 36.8 Å². The summed E-state index contributed by atoms with van der Waals surface area (Å²) in [4.78, 5) is 30.2. The number of ether oxygens (including phenoxy) is 4. The van der Waals surface area contributed by atoms with Crippen LogP contribution in [0.1, 0.15) is 76.2 Å². The molecule has 6 radical (unpaired) electrons. The van der Waals surface area contributed by atoms with Crippen LogP contribution >= 0.6 is 162 Å². The monoisotopic (exact) mass is 1870 g/mol. The predicted molar refractivity (Wildman–Crippen MR) is 354 cm³/mol. The van der Waals surface area contributed by atoms with Crippen LogP contribution in [0.5, 0.6) is 0 Å². The topological polar surface area (TPSA) is 108 Å². The molecule has 2 aliphatic rings. The van der Waals surface area contributed by atoms with Crippen molar-refractivity contribution in [3.8, 4) is 0 Å². The van der Waals surface area contributed by atoms with Crippen molar-refractivity contribution in [2.75, 3.05) is 81.3 Å². The smallest absolute Gasteiger partial charge is 0.0672 e. The van der Waals surface area contributed by atoms with Crippen molar-refractivity contribution in [1.29, 1.82) is 0 Å². The quantitative estimate of drug-likeness (QED) is 0.0396. The van der Waals surface area contributed by atoms with E-state index in [1.54, 1.807) is 47.0 Å². The van der Waals surface area contributed by atoms with Gasteiger partial charge in [-0.2, -0.15) is 59.7 Å². The van der Waals surface area contributed by atoms with Crippen LogP contribution in [0.25, 0.3) is 0 Å². The summed E-state index contributed by atoms with van der Waals surface area (Å²) in [6.07, 6.45) is -0.926. The molecule has 67 heavy (non-hydrogen) atoms. The molecule has 8 nitrogen and oxygen atoms in total. The molecule has 2 saturated heterocycles. The van der Waals surface area contributed by atoms with Crippen molar-refractivity contribution in [3.05, 3.63) is 0 Å². The zero-order valence-electron chi connectivity index (χ0n) is 42.2. The normalized spacial score (nSPS) is 13.7. The molecule has 29 heteroatoms. The first kappa shape index (κ1) is 91.4. The minimum absolute atomic E-state index is 0. The van der Waals surface area contributed by atoms with E-state index in [0.717, 1.165) is 39.9 Å². The summed E-state index contributed by atoms with van der Waals surface area (Å²) in [7, 11) is 15.2. The first-order chi connectivity index (χ1) is 30.7. The number of thioether (sulfide) groups is 9. The van der Waals surface area contributed by atoms with Crippen LogP contribution < -0.4 is 0 Å². The Labute approximate surface area is 544 Å². The van der Waals surface area contributed by atoms with E-state index in [-0.39, 0.29) is 66.4 Å². The molecule has 2 fully saturated rings. The second-order valence-electron chi connectivity index (χ2n) is 12.9. The number of carbonyl (C=O) groups is 3. The standard InChI is InChI=1S/C6H14O4.C6H10S8.C6H14S8.2C6H14.C3H6OS2.2C2H3O.CH4O.3Pb.4H/c1-7-5(8-2)6(9-3)10-4;1-7-5(8-2-12-11-1)6-9-3-13-14-4-10-6;7-1-11-5(12-2-8)6(13-3-9)14-4-10;2*1-5(2)6(3)4;1-3(4)6-2-5;2*1-2-3;1-2;;;;;;;/h5-6H,1-4H3;5-6H,1-4H2;5-10H,1-4H2;2*5-6H,1-4H3;5H,2H2,1H3;2*1H3;2H,1H3;;;;;;;/p-4. The molecule has 0 aromatic carbocycles. The summed E-state index contributed by atoms with van der Waals surface area (Å²) in [5, 5.41) is 15.6. The summed E-state index contributed by atoms with van der Waals surface area (Å²) >= 11 is 39.1. The first-order valence-corrected chi connectivity index (χ1v) is 40.7. The SMILES string of the molecule is C1SSCSC(C2SCSSCS2)S1.CC(=O)SCS.CC(C)C(C)C.CC(C)C(C)C.CO.COC(OC)C(OC)OC.C[C](=O)[Pb][C](C)=O.[PbH2].[PbH2].[S-]CSC(SC[S-])C(SC[S-])SC[S-]. The summed E-state index contributed by atoms with van der Waals surface area (Å²) < 4.78 is 22.2. The maximum absolute atomic E-state index is 10.1. The Morgan fingerprint density at radius 1 is 0.552 bits per heavy atom. The van der Waals surface area contributed by atoms with E-state index in [1.807, 2.05) is 43.2 Å². The van der Waals surface area contributed by atoms with Gasteiger partial charge in [0.1, 0.15) is 0 Å². The number of aliphatic hydroxyl groups is 1. The van der Waals surface area contributed by atoms with Gasteiger partial charge >= 0.3 is 109 Å². The van der Waals surface area contributed by atoms with E-state index in [2.05, 4.69) is 115 Å². The largest absolute Gasteiger partial charge is 0.782 e. The van der Waals surface area contributed by atoms with Gasteiger partial charge < -0.3 is 74.6 Å². The summed E-state index contributed by atoms with van der Waals surface area (Å²) in [6.45, 7) is 22.4. The molecule has 0 atom stereocenters. The zero-order valence-corrected chi connectivity index (χ0v) is 71.9. The number of thiol groups is 1. The Bertz CT molecular complexity index is 904. The second kappa shape index (κ2) is 71.9. The second-order valence-corrected chi connectivity index (χ2v) is 40.5. The van der Waals surface area contributed by atoms with Gasteiger partial charge in [0.15, 0.2) is 5.12 Å². The van der Waals surface area contributed by atoms with E-state index in [4.69, 9.17) is 74.6 Å². The Balaban J connectivity index is -0.000000103. The average Bonchev–Trinajstić information content (AvgIpc) is 3.70. The molecule has 2 aliphatic heterocycles. The summed E-state index contributed by atoms with van der Waals surface area (Å²) in [5.74, 6) is 3.41. The van der Waals surface area contributed by atoms with E-state index in [0.29, 0.717) is 34.6 Å². The van der Waals surface area contributed by atoms with Crippen LogP contribution in [-0.4, -0.2) is 208 Å². The van der Waals surface area contributed by atoms with Gasteiger partial charge in [-0.25, -0.2) is 0 Å². The number of hydrogen-bond acceptors (Lipinski definition) is 26. The molecule has 406 valence electrons. The zero-order chi connectivity index (χ0) is 51.6. The van der Waals surface area contributed by atoms with Crippen LogP contribution in [0.2, 0.25) is 0 Å². The van der Waals surface area contributed by atoms with Gasteiger partial charge in [-0.3, -0.25) is 4.79 Å². The third-order valence-electron chi connectivity index (χ3n) is 7.10. The third kappa shape index (κ3) is 71.9. The van der Waals surface area contributed by atoms with Crippen molar-refractivity contribution in [3.63, 3.8) is 0 Å². The van der Waals surface area contributed by atoms with Gasteiger partial charge in [0, 0.05) is 47.6 Å². The van der Waals surface area contributed by atoms with Crippen LogP contribution in [0.4, 0.5) is 0 Å². The third-order valence-corrected chi connectivity index (χ3v) is 30.9. The molecule has 0 aromatic rings. The first-order valence-electron chi connectivity index (χ1n) is 19.6. The maximum Gasteiger partial charge on any atom is 0.0672 e. The summed E-state index contributed by atoms with van der Waals surface area (Å²) in [6, 6.07) is 0. The fraction of sp³-hybridized carbons (Fsp3) is 0.921. The number of methoxy groups -OCH3 is 4. The van der Waals surface area contributed by atoms with Gasteiger partial charge in [-0.05, 0) is 23.7 Å². The van der Waals surface area contributed by atoms with Crippen LogP contribution in [0, 0.1) is 23.7 Å². The molecule has 0 aromatic heterocycles. The van der Waals surface area contributed by atoms with Crippen molar-refractivity contribution in [2.24, 2.45) is 23.7 Å². The predicted octanol–water partition coefficient (Wildman–Crippen LogP) is 11.3. The van der Waals surface area contributed by atoms with Gasteiger partial charge in [0.2, 0.25) is 12.6 Å². The number of carbonyl (C=O) groups excluding carboxylic acids is 3. The minimum Gasteiger partial charge on any atom is -0.782 e. The number of rotatable bonds is 20. The molecule has 0 saturated carbocycles. The Morgan fingerprint density at radius 2 is 0.776 bits per heavy atom. The van der Waals surface area contributed by atoms with Crippen molar-refractivity contribution >= 4 is 303 Å². The number of hydrogen-bond donors (Lipinski definition) is 2. The maximum atomic E-state index is 10.1. The van der Waals surface area contributed by atoms with Crippen molar-refractivity contribution < 1.29 is 38.4 Å². The number of aliphatic hydroxyl groups excluding tert-OH is 1. The average molecular weight is 1870 g/mol. The van der Waals surface area contributed by atoms with Gasteiger partial charge in [-0.1, -0.05) is 110 Å². The molecule has 1 N–H and O–H groups in total. The van der Waals surface area contributed by atoms with Gasteiger partial charge in [0.05, 0.1) is 38.7 Å². The minimum atomic E-state index is -1.43. The molecule has 0 bridgehead atoms. The van der Waals surface area contributed by atoms with E-state index in [9.17, 15) is 14.4 Å². The Kier molecular flexibility index (Phi) is 98.0. The van der Waals surface area contributed by atoms with Crippen LogP contribution in [-0.2, 0) is 83.8 Å². The molecule has 2 heterocycles. The van der Waals surface area contributed by atoms with Gasteiger partial charge in [0.25, 0.3) is 0 Å². The molecular formula is C38H82O8Pb3S18-4. The molecule has 0 spiro atoms. The van der Waals surface area contributed by atoms with Crippen LogP contribution in [0.3, 0.4) is 0 Å². The Morgan fingerprint density at radius 3 is 0.881 bits per heavy atom. The fourth-order valence-electron chi connectivity index (χ4n) is 2.58. The summed E-state index contributed by atoms with van der Waals surface area (Å²) in [5.41, 5.74) is 0. The Hall–Kier alpha value is 7.88. The van der Waals surface area contributed by atoms with E-state index >= 15 is 0 Å². The fourth-order valence-corrected chi connectivity index (χ4v) is 26.5. The van der Waals surface area contributed by atoms with Crippen molar-refractivity contribution in [1.82, 2.24) is 0 Å². The molecule has 2 rings (SSSR count). The van der Waals surface area contributed by atoms with Crippen molar-refractivity contribution in [2.45, 2.75) is 107 Å². The molecule has 0 amide bonds. The molecule has 0 unspecified atom stereocenters. The molecule has 0 aliphatic carbocycles.